The lowest BCUT2D eigenvalue weighted by Gasteiger charge is -2.21. The molecule has 0 unspecified atom stereocenters. The lowest BCUT2D eigenvalue weighted by atomic mass is 10.1. The summed E-state index contributed by atoms with van der Waals surface area (Å²) in [4.78, 5) is 26.3. The molecule has 0 saturated heterocycles. The summed E-state index contributed by atoms with van der Waals surface area (Å²) in [5, 5.41) is 7.12. The quantitative estimate of drug-likeness (QED) is 0.547. The number of carbonyl (C=O) groups excluding carboxylic acids is 2. The monoisotopic (exact) mass is 476 g/mol. The normalized spacial score (nSPS) is 11.3. The van der Waals surface area contributed by atoms with E-state index in [-0.39, 0.29) is 21.8 Å². The number of thiophene rings is 1. The van der Waals surface area contributed by atoms with Crippen LogP contribution >= 0.6 is 11.3 Å². The van der Waals surface area contributed by atoms with Crippen LogP contribution in [-0.2, 0) is 21.8 Å². The summed E-state index contributed by atoms with van der Waals surface area (Å²) < 4.78 is 33.5. The van der Waals surface area contributed by atoms with E-state index in [0.29, 0.717) is 10.6 Å². The first-order valence-electron chi connectivity index (χ1n) is 9.56. The second-order valence-electron chi connectivity index (χ2n) is 7.22. The first kappa shape index (κ1) is 23.5. The molecular formula is C21H24N4O5S2. The SMILES string of the molecule is COC(=O)c1c(NC(=O)c2cnn(C)c2N(C)S(=O)(=O)c2ccc(C)cc2)sc(C)c1C. The molecule has 0 aliphatic rings. The van der Waals surface area contributed by atoms with Gasteiger partial charge >= 0.3 is 5.97 Å². The number of sulfonamides is 1. The fourth-order valence-corrected chi connectivity index (χ4v) is 5.46. The van der Waals surface area contributed by atoms with Crippen molar-refractivity contribution in [2.24, 2.45) is 7.05 Å². The molecule has 0 saturated carbocycles. The van der Waals surface area contributed by atoms with Crippen molar-refractivity contribution < 1.29 is 22.7 Å². The van der Waals surface area contributed by atoms with E-state index in [1.807, 2.05) is 13.8 Å². The van der Waals surface area contributed by atoms with Gasteiger partial charge in [-0.2, -0.15) is 5.10 Å². The fourth-order valence-electron chi connectivity index (χ4n) is 3.18. The summed E-state index contributed by atoms with van der Waals surface area (Å²) in [6.45, 7) is 5.46. The zero-order valence-electron chi connectivity index (χ0n) is 18.6. The molecule has 3 rings (SSSR count). The molecule has 11 heteroatoms. The Balaban J connectivity index is 1.99. The zero-order valence-corrected chi connectivity index (χ0v) is 20.2. The van der Waals surface area contributed by atoms with E-state index in [2.05, 4.69) is 10.4 Å². The molecule has 2 heterocycles. The summed E-state index contributed by atoms with van der Waals surface area (Å²) in [5.74, 6) is -1.06. The molecule has 0 bridgehead atoms. The van der Waals surface area contributed by atoms with Gasteiger partial charge in [0.1, 0.15) is 10.6 Å². The molecular weight excluding hydrogens is 452 g/mol. The Morgan fingerprint density at radius 1 is 1.16 bits per heavy atom. The number of hydrogen-bond donors (Lipinski definition) is 1. The number of anilines is 2. The molecule has 0 fully saturated rings. The van der Waals surface area contributed by atoms with Gasteiger partial charge in [0, 0.05) is 19.0 Å². The van der Waals surface area contributed by atoms with Gasteiger partial charge in [-0.25, -0.2) is 13.2 Å². The van der Waals surface area contributed by atoms with Crippen LogP contribution in [0.15, 0.2) is 35.4 Å². The summed E-state index contributed by atoms with van der Waals surface area (Å²) in [7, 11) is 0.243. The molecule has 1 N–H and O–H groups in total. The number of aromatic nitrogens is 2. The van der Waals surface area contributed by atoms with Gasteiger partial charge in [0.15, 0.2) is 5.82 Å². The second kappa shape index (κ2) is 8.75. The number of amides is 1. The molecule has 1 aromatic carbocycles. The van der Waals surface area contributed by atoms with Crippen LogP contribution < -0.4 is 9.62 Å². The predicted molar refractivity (Wildman–Crippen MR) is 123 cm³/mol. The third-order valence-corrected chi connectivity index (χ3v) is 8.02. The van der Waals surface area contributed by atoms with Crippen LogP contribution in [-0.4, -0.2) is 44.2 Å². The average Bonchev–Trinajstić information content (AvgIpc) is 3.26. The van der Waals surface area contributed by atoms with Gasteiger partial charge in [-0.3, -0.25) is 13.8 Å². The first-order valence-corrected chi connectivity index (χ1v) is 11.8. The number of hydrogen-bond acceptors (Lipinski definition) is 7. The Bertz CT molecular complexity index is 1290. The molecule has 0 spiro atoms. The van der Waals surface area contributed by atoms with Crippen LogP contribution in [0.4, 0.5) is 10.8 Å². The van der Waals surface area contributed by atoms with Gasteiger partial charge in [-0.05, 0) is 38.5 Å². The minimum absolute atomic E-state index is 0.0465. The largest absolute Gasteiger partial charge is 0.465 e. The number of rotatable bonds is 6. The van der Waals surface area contributed by atoms with Crippen molar-refractivity contribution in [3.63, 3.8) is 0 Å². The van der Waals surface area contributed by atoms with Crippen molar-refractivity contribution in [3.8, 4) is 0 Å². The summed E-state index contributed by atoms with van der Waals surface area (Å²) in [6, 6.07) is 6.43. The molecule has 1 amide bonds. The van der Waals surface area contributed by atoms with Crippen LogP contribution in [0.25, 0.3) is 0 Å². The highest BCUT2D eigenvalue weighted by Crippen LogP contribution is 2.34. The molecule has 2 aromatic heterocycles. The van der Waals surface area contributed by atoms with Gasteiger partial charge in [-0.1, -0.05) is 17.7 Å². The average molecular weight is 477 g/mol. The molecule has 32 heavy (non-hydrogen) atoms. The maximum Gasteiger partial charge on any atom is 0.341 e. The Morgan fingerprint density at radius 3 is 2.38 bits per heavy atom. The van der Waals surface area contributed by atoms with Crippen LogP contribution in [0.5, 0.6) is 0 Å². The van der Waals surface area contributed by atoms with Crippen molar-refractivity contribution in [2.45, 2.75) is 25.7 Å². The maximum atomic E-state index is 13.2. The molecule has 9 nitrogen and oxygen atoms in total. The van der Waals surface area contributed by atoms with E-state index in [1.165, 1.54) is 48.5 Å². The van der Waals surface area contributed by atoms with Crippen molar-refractivity contribution in [2.75, 3.05) is 23.8 Å². The minimum atomic E-state index is -3.94. The molecule has 3 aromatic rings. The van der Waals surface area contributed by atoms with Crippen molar-refractivity contribution >= 4 is 44.1 Å². The Hall–Kier alpha value is -3.18. The van der Waals surface area contributed by atoms with Crippen molar-refractivity contribution in [3.05, 3.63) is 57.6 Å². The summed E-state index contributed by atoms with van der Waals surface area (Å²) >= 11 is 1.24. The highest BCUT2D eigenvalue weighted by molar-refractivity contribution is 7.92. The second-order valence-corrected chi connectivity index (χ2v) is 10.4. The Morgan fingerprint density at radius 2 is 1.78 bits per heavy atom. The van der Waals surface area contributed by atoms with Crippen LogP contribution in [0, 0.1) is 20.8 Å². The summed E-state index contributed by atoms with van der Waals surface area (Å²) in [6.07, 6.45) is 1.29. The zero-order chi connectivity index (χ0) is 23.8. The van der Waals surface area contributed by atoms with Gasteiger partial charge in [-0.15, -0.1) is 11.3 Å². The van der Waals surface area contributed by atoms with Crippen LogP contribution in [0.2, 0.25) is 0 Å². The molecule has 0 radical (unpaired) electrons. The molecule has 0 aliphatic carbocycles. The standard InChI is InChI=1S/C21H24N4O5S2/c1-12-7-9-15(10-8-12)32(28,29)25(5)20-16(11-22-24(20)4)18(26)23-19-17(21(27)30-6)13(2)14(3)31-19/h7-11H,1-6H3,(H,23,26). The van der Waals surface area contributed by atoms with E-state index in [9.17, 15) is 18.0 Å². The van der Waals surface area contributed by atoms with Crippen LogP contribution in [0.3, 0.4) is 0 Å². The number of nitrogens with zero attached hydrogens (tertiary/aromatic N) is 3. The lowest BCUT2D eigenvalue weighted by molar-refractivity contribution is 0.0601. The lowest BCUT2D eigenvalue weighted by Crippen LogP contribution is -2.30. The number of esters is 1. The summed E-state index contributed by atoms with van der Waals surface area (Å²) in [5.41, 5.74) is 1.96. The van der Waals surface area contributed by atoms with E-state index in [4.69, 9.17) is 4.74 Å². The van der Waals surface area contributed by atoms with Crippen molar-refractivity contribution in [1.82, 2.24) is 9.78 Å². The highest BCUT2D eigenvalue weighted by Gasteiger charge is 2.30. The van der Waals surface area contributed by atoms with Gasteiger partial charge in [0.25, 0.3) is 15.9 Å². The number of methoxy groups -OCH3 is 1. The third kappa shape index (κ3) is 4.13. The third-order valence-electron chi connectivity index (χ3n) is 5.13. The Kier molecular flexibility index (Phi) is 6.42. The fraction of sp³-hybridized carbons (Fsp3) is 0.286. The number of carbonyl (C=O) groups is 2. The Labute approximate surface area is 190 Å². The highest BCUT2D eigenvalue weighted by atomic mass is 32.2. The van der Waals surface area contributed by atoms with Gasteiger partial charge in [0.05, 0.1) is 23.8 Å². The number of nitrogens with one attached hydrogen (secondary N) is 1. The van der Waals surface area contributed by atoms with E-state index in [0.717, 1.165) is 14.7 Å². The van der Waals surface area contributed by atoms with Gasteiger partial charge < -0.3 is 10.1 Å². The van der Waals surface area contributed by atoms with Gasteiger partial charge in [0.2, 0.25) is 0 Å². The smallest absolute Gasteiger partial charge is 0.341 e. The van der Waals surface area contributed by atoms with E-state index in [1.54, 1.807) is 26.1 Å². The maximum absolute atomic E-state index is 13.2. The van der Waals surface area contributed by atoms with Crippen LogP contribution in [0.1, 0.15) is 36.7 Å². The van der Waals surface area contributed by atoms with E-state index >= 15 is 0 Å². The minimum Gasteiger partial charge on any atom is -0.465 e. The molecule has 170 valence electrons. The van der Waals surface area contributed by atoms with Crippen molar-refractivity contribution in [1.29, 1.82) is 0 Å². The first-order chi connectivity index (χ1) is 15.0. The van der Waals surface area contributed by atoms with E-state index < -0.39 is 21.9 Å². The number of aryl methyl sites for hydroxylation is 3. The molecule has 0 aliphatic heterocycles. The number of ether oxygens (including phenoxy) is 1. The topological polar surface area (TPSA) is 111 Å². The predicted octanol–water partition coefficient (Wildman–Crippen LogP) is 3.27. The molecule has 0 atom stereocenters. The number of benzene rings is 1.